The van der Waals surface area contributed by atoms with Crippen LogP contribution in [0.15, 0.2) is 36.5 Å². The molecule has 0 unspecified atom stereocenters. The summed E-state index contributed by atoms with van der Waals surface area (Å²) in [7, 11) is 1.88. The number of aromatic hydroxyl groups is 1. The summed E-state index contributed by atoms with van der Waals surface area (Å²) in [5.74, 6) is 0.314. The smallest absolute Gasteiger partial charge is 0.115 e. The lowest BCUT2D eigenvalue weighted by Crippen LogP contribution is -2.28. The number of nitrogens with zero attached hydrogens (tertiary/aromatic N) is 4. The zero-order valence-corrected chi connectivity index (χ0v) is 11.5. The number of hydrogen-bond acceptors (Lipinski definition) is 4. The summed E-state index contributed by atoms with van der Waals surface area (Å²) in [6.45, 7) is 2.78. The van der Waals surface area contributed by atoms with Gasteiger partial charge in [0.1, 0.15) is 5.75 Å². The molecule has 1 aliphatic rings. The Morgan fingerprint density at radius 2 is 2.05 bits per heavy atom. The van der Waals surface area contributed by atoms with Crippen LogP contribution < -0.4 is 0 Å². The molecule has 0 aliphatic carbocycles. The second-order valence-corrected chi connectivity index (χ2v) is 5.14. The van der Waals surface area contributed by atoms with E-state index in [2.05, 4.69) is 21.3 Å². The molecule has 0 radical (unpaired) electrons. The van der Waals surface area contributed by atoms with Gasteiger partial charge in [0, 0.05) is 32.9 Å². The van der Waals surface area contributed by atoms with Crippen molar-refractivity contribution in [3.05, 3.63) is 47.8 Å². The Hall–Kier alpha value is -2.14. The van der Waals surface area contributed by atoms with E-state index in [1.54, 1.807) is 16.8 Å². The van der Waals surface area contributed by atoms with Crippen LogP contribution in [-0.2, 0) is 13.6 Å². The molecular weight excluding hydrogens is 252 g/mol. The molecule has 0 spiro atoms. The molecule has 0 amide bonds. The molecule has 5 heteroatoms. The molecule has 1 aromatic heterocycles. The van der Waals surface area contributed by atoms with Crippen LogP contribution in [0.1, 0.15) is 17.7 Å². The first-order valence-corrected chi connectivity index (χ1v) is 6.77. The highest BCUT2D eigenvalue weighted by Gasteiger charge is 2.14. The lowest BCUT2D eigenvalue weighted by molar-refractivity contribution is 0.290. The summed E-state index contributed by atoms with van der Waals surface area (Å²) in [4.78, 5) is 2.36. The summed E-state index contributed by atoms with van der Waals surface area (Å²) in [5, 5.41) is 17.4. The van der Waals surface area contributed by atoms with Gasteiger partial charge in [-0.3, -0.25) is 9.58 Å². The number of benzene rings is 1. The third kappa shape index (κ3) is 2.88. The maximum Gasteiger partial charge on any atom is 0.115 e. The van der Waals surface area contributed by atoms with E-state index in [0.717, 1.165) is 31.7 Å². The van der Waals surface area contributed by atoms with Crippen LogP contribution >= 0.6 is 0 Å². The first-order chi connectivity index (χ1) is 9.70. The van der Waals surface area contributed by atoms with Crippen LogP contribution in [0, 0.1) is 0 Å². The highest BCUT2D eigenvalue weighted by atomic mass is 16.3. The summed E-state index contributed by atoms with van der Waals surface area (Å²) < 4.78 is 1.73. The predicted molar refractivity (Wildman–Crippen MR) is 77.0 cm³/mol. The number of aryl methyl sites for hydroxylation is 1. The molecule has 1 N–H and O–H groups in total. The van der Waals surface area contributed by atoms with Crippen molar-refractivity contribution >= 4 is 5.57 Å². The van der Waals surface area contributed by atoms with E-state index in [0.29, 0.717) is 5.75 Å². The number of phenols is 1. The fourth-order valence-electron chi connectivity index (χ4n) is 2.49. The number of rotatable bonds is 3. The lowest BCUT2D eigenvalue weighted by atomic mass is 9.99. The van der Waals surface area contributed by atoms with Crippen LogP contribution in [0.2, 0.25) is 0 Å². The lowest BCUT2D eigenvalue weighted by Gasteiger charge is -2.25. The van der Waals surface area contributed by atoms with E-state index in [-0.39, 0.29) is 0 Å². The molecule has 2 heterocycles. The Morgan fingerprint density at radius 1 is 1.25 bits per heavy atom. The van der Waals surface area contributed by atoms with Crippen molar-refractivity contribution < 1.29 is 5.11 Å². The molecule has 104 valence electrons. The summed E-state index contributed by atoms with van der Waals surface area (Å²) >= 11 is 0. The molecule has 1 aliphatic heterocycles. The van der Waals surface area contributed by atoms with Gasteiger partial charge in [0.2, 0.25) is 0 Å². The molecule has 1 aromatic carbocycles. The zero-order valence-electron chi connectivity index (χ0n) is 11.5. The molecule has 0 saturated heterocycles. The van der Waals surface area contributed by atoms with Gasteiger partial charge < -0.3 is 5.11 Å². The topological polar surface area (TPSA) is 54.2 Å². The van der Waals surface area contributed by atoms with Crippen LogP contribution in [0.3, 0.4) is 0 Å². The average Bonchev–Trinajstić information content (AvgIpc) is 2.86. The molecule has 0 atom stereocenters. The van der Waals surface area contributed by atoms with Gasteiger partial charge in [-0.05, 0) is 29.7 Å². The first kappa shape index (κ1) is 12.9. The largest absolute Gasteiger partial charge is 0.508 e. The molecule has 2 aromatic rings. The summed E-state index contributed by atoms with van der Waals surface area (Å²) in [6.07, 6.45) is 5.23. The van der Waals surface area contributed by atoms with Gasteiger partial charge in [-0.1, -0.05) is 23.4 Å². The van der Waals surface area contributed by atoms with E-state index in [1.165, 1.54) is 11.1 Å². The van der Waals surface area contributed by atoms with Gasteiger partial charge in [0.25, 0.3) is 0 Å². The van der Waals surface area contributed by atoms with E-state index in [9.17, 15) is 5.11 Å². The Morgan fingerprint density at radius 3 is 2.65 bits per heavy atom. The average molecular weight is 270 g/mol. The van der Waals surface area contributed by atoms with Crippen molar-refractivity contribution in [3.8, 4) is 5.75 Å². The van der Waals surface area contributed by atoms with Gasteiger partial charge in [0.05, 0.1) is 5.69 Å². The summed E-state index contributed by atoms with van der Waals surface area (Å²) in [5.41, 5.74) is 3.55. The zero-order chi connectivity index (χ0) is 13.9. The SMILES string of the molecule is Cn1cc(CN2CC=C(c3ccc(O)cc3)CC2)nn1. The van der Waals surface area contributed by atoms with Crippen molar-refractivity contribution in [1.82, 2.24) is 19.9 Å². The highest BCUT2D eigenvalue weighted by Crippen LogP contribution is 2.24. The fourth-order valence-corrected chi connectivity index (χ4v) is 2.49. The number of hydrogen-bond donors (Lipinski definition) is 1. The highest BCUT2D eigenvalue weighted by molar-refractivity contribution is 5.67. The minimum atomic E-state index is 0.314. The number of phenolic OH excluding ortho intramolecular Hbond substituents is 1. The van der Waals surface area contributed by atoms with Crippen molar-refractivity contribution in [2.45, 2.75) is 13.0 Å². The Labute approximate surface area is 118 Å². The maximum atomic E-state index is 9.32. The molecule has 3 rings (SSSR count). The van der Waals surface area contributed by atoms with Crippen molar-refractivity contribution in [2.75, 3.05) is 13.1 Å². The van der Waals surface area contributed by atoms with Crippen molar-refractivity contribution in [3.63, 3.8) is 0 Å². The fraction of sp³-hybridized carbons (Fsp3) is 0.333. The van der Waals surface area contributed by atoms with Crippen molar-refractivity contribution in [2.24, 2.45) is 7.05 Å². The van der Waals surface area contributed by atoms with Gasteiger partial charge in [-0.25, -0.2) is 0 Å². The molecule has 5 nitrogen and oxygen atoms in total. The predicted octanol–water partition coefficient (Wildman–Crippen LogP) is 1.81. The van der Waals surface area contributed by atoms with Crippen LogP contribution in [-0.4, -0.2) is 38.1 Å². The maximum absolute atomic E-state index is 9.32. The quantitative estimate of drug-likeness (QED) is 0.924. The van der Waals surface area contributed by atoms with Crippen LogP contribution in [0.25, 0.3) is 5.57 Å². The van der Waals surface area contributed by atoms with Crippen LogP contribution in [0.4, 0.5) is 0 Å². The molecule has 20 heavy (non-hydrogen) atoms. The Bertz CT molecular complexity index is 615. The second kappa shape index (κ2) is 5.46. The third-order valence-corrected chi connectivity index (χ3v) is 3.57. The minimum Gasteiger partial charge on any atom is -0.508 e. The van der Waals surface area contributed by atoms with Crippen LogP contribution in [0.5, 0.6) is 5.75 Å². The first-order valence-electron chi connectivity index (χ1n) is 6.77. The monoisotopic (exact) mass is 270 g/mol. The van der Waals surface area contributed by atoms with E-state index >= 15 is 0 Å². The number of aromatic nitrogens is 3. The molecular formula is C15H18N4O. The van der Waals surface area contributed by atoms with E-state index < -0.39 is 0 Å². The summed E-state index contributed by atoms with van der Waals surface area (Å²) in [6, 6.07) is 7.42. The van der Waals surface area contributed by atoms with Gasteiger partial charge in [-0.2, -0.15) is 0 Å². The standard InChI is InChI=1S/C15H18N4O/c1-18-10-14(16-17-18)11-19-8-6-13(7-9-19)12-2-4-15(20)5-3-12/h2-6,10,20H,7-9,11H2,1H3. The molecule has 0 saturated carbocycles. The molecule has 0 bridgehead atoms. The normalized spacial score (nSPS) is 16.1. The van der Waals surface area contributed by atoms with E-state index in [4.69, 9.17) is 0 Å². The van der Waals surface area contributed by atoms with Gasteiger partial charge in [-0.15, -0.1) is 5.10 Å². The second-order valence-electron chi connectivity index (χ2n) is 5.14. The minimum absolute atomic E-state index is 0.314. The molecule has 0 fully saturated rings. The van der Waals surface area contributed by atoms with Crippen molar-refractivity contribution in [1.29, 1.82) is 0 Å². The third-order valence-electron chi connectivity index (χ3n) is 3.57. The Kier molecular flexibility index (Phi) is 3.52. The van der Waals surface area contributed by atoms with Gasteiger partial charge in [0.15, 0.2) is 0 Å². The van der Waals surface area contributed by atoms with Gasteiger partial charge >= 0.3 is 0 Å². The van der Waals surface area contributed by atoms with E-state index in [1.807, 2.05) is 25.4 Å². The Balaban J connectivity index is 1.64.